The Morgan fingerprint density at radius 3 is 2.84 bits per heavy atom. The Morgan fingerprint density at radius 1 is 1.32 bits per heavy atom. The summed E-state index contributed by atoms with van der Waals surface area (Å²) in [6, 6.07) is 3.83. The predicted molar refractivity (Wildman–Crippen MR) is 69.7 cm³/mol. The molecule has 98 valence electrons. The molecule has 1 aliphatic rings. The SMILES string of the molecule is O=C(O)Cc1nn2c(c1-c1ccncc1)CCCC2. The average molecular weight is 257 g/mol. The lowest BCUT2D eigenvalue weighted by atomic mass is 9.98. The molecule has 0 saturated carbocycles. The van der Waals surface area contributed by atoms with E-state index in [2.05, 4.69) is 10.1 Å². The van der Waals surface area contributed by atoms with Crippen LogP contribution in [-0.4, -0.2) is 25.8 Å². The molecule has 0 spiro atoms. The fraction of sp³-hybridized carbons (Fsp3) is 0.357. The number of carbonyl (C=O) groups is 1. The predicted octanol–water partition coefficient (Wildman–Crippen LogP) is 1.91. The van der Waals surface area contributed by atoms with E-state index in [4.69, 9.17) is 5.11 Å². The van der Waals surface area contributed by atoms with Gasteiger partial charge in [-0.3, -0.25) is 14.5 Å². The third-order valence-electron chi connectivity index (χ3n) is 3.45. The maximum atomic E-state index is 11.0. The molecule has 2 aromatic rings. The quantitative estimate of drug-likeness (QED) is 0.912. The van der Waals surface area contributed by atoms with Crippen molar-refractivity contribution in [3.05, 3.63) is 35.9 Å². The fourth-order valence-corrected chi connectivity index (χ4v) is 2.66. The second-order valence-corrected chi connectivity index (χ2v) is 4.76. The monoisotopic (exact) mass is 257 g/mol. The number of pyridine rings is 1. The Kier molecular flexibility index (Phi) is 3.03. The molecule has 0 atom stereocenters. The zero-order chi connectivity index (χ0) is 13.2. The van der Waals surface area contributed by atoms with Crippen LogP contribution < -0.4 is 0 Å². The van der Waals surface area contributed by atoms with Gasteiger partial charge in [-0.2, -0.15) is 5.10 Å². The van der Waals surface area contributed by atoms with Crippen LogP contribution in [0.2, 0.25) is 0 Å². The molecule has 0 aromatic carbocycles. The summed E-state index contributed by atoms with van der Waals surface area (Å²) in [5, 5.41) is 13.5. The van der Waals surface area contributed by atoms with Crippen LogP contribution in [0.1, 0.15) is 24.2 Å². The Labute approximate surface area is 110 Å². The van der Waals surface area contributed by atoms with Gasteiger partial charge >= 0.3 is 5.97 Å². The first kappa shape index (κ1) is 11.9. The van der Waals surface area contributed by atoms with Gasteiger partial charge in [0.15, 0.2) is 0 Å². The van der Waals surface area contributed by atoms with E-state index in [-0.39, 0.29) is 6.42 Å². The van der Waals surface area contributed by atoms with Gasteiger partial charge < -0.3 is 5.11 Å². The number of hydrogen-bond donors (Lipinski definition) is 1. The van der Waals surface area contributed by atoms with Crippen molar-refractivity contribution in [2.45, 2.75) is 32.2 Å². The van der Waals surface area contributed by atoms with Crippen LogP contribution in [-0.2, 0) is 24.2 Å². The Bertz CT molecular complexity index is 605. The van der Waals surface area contributed by atoms with Crippen molar-refractivity contribution in [1.82, 2.24) is 14.8 Å². The van der Waals surface area contributed by atoms with E-state index >= 15 is 0 Å². The minimum absolute atomic E-state index is 0.0301. The lowest BCUT2D eigenvalue weighted by Gasteiger charge is -2.14. The van der Waals surface area contributed by atoms with Gasteiger partial charge in [-0.15, -0.1) is 0 Å². The molecule has 0 aliphatic carbocycles. The van der Waals surface area contributed by atoms with Gasteiger partial charge in [0.1, 0.15) is 0 Å². The number of hydrogen-bond acceptors (Lipinski definition) is 3. The lowest BCUT2D eigenvalue weighted by Crippen LogP contribution is -2.11. The van der Waals surface area contributed by atoms with E-state index in [0.717, 1.165) is 42.6 Å². The summed E-state index contributed by atoms with van der Waals surface area (Å²) in [5.74, 6) is -0.842. The largest absolute Gasteiger partial charge is 0.481 e. The fourth-order valence-electron chi connectivity index (χ4n) is 2.66. The highest BCUT2D eigenvalue weighted by Crippen LogP contribution is 2.31. The first-order chi connectivity index (χ1) is 9.25. The van der Waals surface area contributed by atoms with Crippen LogP contribution in [0.3, 0.4) is 0 Å². The maximum absolute atomic E-state index is 11.0. The van der Waals surface area contributed by atoms with Gasteiger partial charge in [0.25, 0.3) is 0 Å². The molecule has 0 radical (unpaired) electrons. The number of fused-ring (bicyclic) bond motifs is 1. The minimum Gasteiger partial charge on any atom is -0.481 e. The van der Waals surface area contributed by atoms with Gasteiger partial charge in [-0.05, 0) is 37.0 Å². The molecule has 0 bridgehead atoms. The third-order valence-corrected chi connectivity index (χ3v) is 3.45. The number of nitrogens with zero attached hydrogens (tertiary/aromatic N) is 3. The molecule has 0 amide bonds. The maximum Gasteiger partial charge on any atom is 0.309 e. The second-order valence-electron chi connectivity index (χ2n) is 4.76. The Hall–Kier alpha value is -2.17. The lowest BCUT2D eigenvalue weighted by molar-refractivity contribution is -0.136. The first-order valence-electron chi connectivity index (χ1n) is 6.46. The van der Waals surface area contributed by atoms with Crippen LogP contribution >= 0.6 is 0 Å². The summed E-state index contributed by atoms with van der Waals surface area (Å²) in [5.41, 5.74) is 3.82. The number of carboxylic acids is 1. The molecule has 0 unspecified atom stereocenters. The third kappa shape index (κ3) is 2.23. The number of aryl methyl sites for hydroxylation is 1. The van der Waals surface area contributed by atoms with E-state index < -0.39 is 5.97 Å². The average Bonchev–Trinajstić information content (AvgIpc) is 2.76. The first-order valence-corrected chi connectivity index (χ1v) is 6.46. The summed E-state index contributed by atoms with van der Waals surface area (Å²) < 4.78 is 1.97. The van der Waals surface area contributed by atoms with Crippen molar-refractivity contribution < 1.29 is 9.90 Å². The van der Waals surface area contributed by atoms with Crippen molar-refractivity contribution >= 4 is 5.97 Å². The van der Waals surface area contributed by atoms with Crippen molar-refractivity contribution in [2.24, 2.45) is 0 Å². The van der Waals surface area contributed by atoms with Crippen LogP contribution in [0.4, 0.5) is 0 Å². The van der Waals surface area contributed by atoms with Crippen molar-refractivity contribution in [3.63, 3.8) is 0 Å². The molecule has 5 nitrogen and oxygen atoms in total. The molecule has 0 fully saturated rings. The van der Waals surface area contributed by atoms with Crippen molar-refractivity contribution in [2.75, 3.05) is 0 Å². The number of carboxylic acid groups (broad SMARTS) is 1. The summed E-state index contributed by atoms with van der Waals surface area (Å²) in [7, 11) is 0. The summed E-state index contributed by atoms with van der Waals surface area (Å²) in [6.45, 7) is 0.882. The van der Waals surface area contributed by atoms with Crippen LogP contribution in [0.5, 0.6) is 0 Å². The zero-order valence-electron chi connectivity index (χ0n) is 10.5. The normalized spacial score (nSPS) is 14.1. The molecule has 1 aliphatic heterocycles. The second kappa shape index (κ2) is 4.84. The molecular weight excluding hydrogens is 242 g/mol. The summed E-state index contributed by atoms with van der Waals surface area (Å²) >= 11 is 0. The van der Waals surface area contributed by atoms with Crippen LogP contribution in [0.15, 0.2) is 24.5 Å². The summed E-state index contributed by atoms with van der Waals surface area (Å²) in [4.78, 5) is 15.0. The van der Waals surface area contributed by atoms with E-state index in [1.165, 1.54) is 0 Å². The van der Waals surface area contributed by atoms with Crippen LogP contribution in [0, 0.1) is 0 Å². The molecule has 19 heavy (non-hydrogen) atoms. The number of aliphatic carboxylic acids is 1. The van der Waals surface area contributed by atoms with E-state index in [0.29, 0.717) is 5.69 Å². The molecule has 3 heterocycles. The van der Waals surface area contributed by atoms with Crippen molar-refractivity contribution in [3.8, 4) is 11.1 Å². The standard InChI is InChI=1S/C14H15N3O2/c18-13(19)9-11-14(10-4-6-15-7-5-10)12-3-1-2-8-17(12)16-11/h4-7H,1-3,8-9H2,(H,18,19). The highest BCUT2D eigenvalue weighted by atomic mass is 16.4. The molecule has 1 N–H and O–H groups in total. The smallest absolute Gasteiger partial charge is 0.309 e. The Morgan fingerprint density at radius 2 is 2.11 bits per heavy atom. The molecular formula is C14H15N3O2. The molecule has 0 saturated heterocycles. The minimum atomic E-state index is -0.842. The molecule has 5 heteroatoms. The molecule has 2 aromatic heterocycles. The van der Waals surface area contributed by atoms with Gasteiger partial charge in [0, 0.05) is 30.2 Å². The topological polar surface area (TPSA) is 68.0 Å². The van der Waals surface area contributed by atoms with Crippen molar-refractivity contribution in [1.29, 1.82) is 0 Å². The van der Waals surface area contributed by atoms with Gasteiger partial charge in [-0.25, -0.2) is 0 Å². The number of rotatable bonds is 3. The highest BCUT2D eigenvalue weighted by Gasteiger charge is 2.22. The van der Waals surface area contributed by atoms with Crippen LogP contribution in [0.25, 0.3) is 11.1 Å². The summed E-state index contributed by atoms with van der Waals surface area (Å²) in [6.07, 6.45) is 6.63. The number of aromatic nitrogens is 3. The Balaban J connectivity index is 2.14. The van der Waals surface area contributed by atoms with E-state index in [9.17, 15) is 4.79 Å². The van der Waals surface area contributed by atoms with E-state index in [1.54, 1.807) is 12.4 Å². The molecule has 3 rings (SSSR count). The highest BCUT2D eigenvalue weighted by molar-refractivity contribution is 5.76. The van der Waals surface area contributed by atoms with Gasteiger partial charge in [-0.1, -0.05) is 0 Å². The van der Waals surface area contributed by atoms with Gasteiger partial charge in [0.05, 0.1) is 12.1 Å². The zero-order valence-corrected chi connectivity index (χ0v) is 10.5. The van der Waals surface area contributed by atoms with E-state index in [1.807, 2.05) is 16.8 Å². The van der Waals surface area contributed by atoms with Gasteiger partial charge in [0.2, 0.25) is 0 Å².